The van der Waals surface area contributed by atoms with Gasteiger partial charge in [-0.3, -0.25) is 4.99 Å². The lowest BCUT2D eigenvalue weighted by atomic mass is 9.64. The van der Waals surface area contributed by atoms with E-state index in [1.807, 2.05) is 0 Å². The zero-order valence-corrected chi connectivity index (χ0v) is 32.8. The van der Waals surface area contributed by atoms with Crippen LogP contribution in [0.5, 0.6) is 0 Å². The second-order valence-corrected chi connectivity index (χ2v) is 15.9. The van der Waals surface area contributed by atoms with Gasteiger partial charge in [0.2, 0.25) is 0 Å². The quantitative estimate of drug-likeness (QED) is 0.189. The number of fused-ring (bicyclic) bond motifs is 10. The first-order chi connectivity index (χ1) is 29.8. The highest BCUT2D eigenvalue weighted by Crippen LogP contribution is 2.63. The van der Waals surface area contributed by atoms with Crippen LogP contribution in [-0.4, -0.2) is 5.71 Å². The normalized spacial score (nSPS) is 15.2. The first-order valence-electron chi connectivity index (χ1n) is 20.7. The molecule has 3 heteroatoms. The predicted molar refractivity (Wildman–Crippen MR) is 248 cm³/mol. The van der Waals surface area contributed by atoms with Gasteiger partial charge in [0.1, 0.15) is 6.17 Å². The van der Waals surface area contributed by atoms with Crippen molar-refractivity contribution in [2.75, 3.05) is 10.2 Å². The van der Waals surface area contributed by atoms with Gasteiger partial charge < -0.3 is 10.2 Å². The summed E-state index contributed by atoms with van der Waals surface area (Å²) in [5.74, 6) is 0. The summed E-state index contributed by atoms with van der Waals surface area (Å²) in [4.78, 5) is 7.80. The monoisotopic (exact) mass is 765 g/mol. The Morgan fingerprint density at radius 3 is 1.65 bits per heavy atom. The first kappa shape index (κ1) is 34.3. The molecule has 1 aliphatic carbocycles. The van der Waals surface area contributed by atoms with Gasteiger partial charge >= 0.3 is 0 Å². The van der Waals surface area contributed by atoms with Crippen molar-refractivity contribution in [3.63, 3.8) is 0 Å². The fourth-order valence-electron chi connectivity index (χ4n) is 10.1. The summed E-state index contributed by atoms with van der Waals surface area (Å²) in [6, 6.07) is 81.7. The Bertz CT molecular complexity index is 3080. The molecule has 2 aliphatic heterocycles. The van der Waals surface area contributed by atoms with Crippen LogP contribution in [0.4, 0.5) is 22.7 Å². The summed E-state index contributed by atoms with van der Waals surface area (Å²) in [6.07, 6.45) is -0.237. The van der Waals surface area contributed by atoms with Gasteiger partial charge in [0.05, 0.1) is 22.5 Å². The summed E-state index contributed by atoms with van der Waals surface area (Å²) < 4.78 is 0. The van der Waals surface area contributed by atoms with Crippen LogP contribution in [0.2, 0.25) is 0 Å². The molecule has 3 aliphatic rings. The molecule has 282 valence electrons. The molecule has 1 N–H and O–H groups in total. The third-order valence-electron chi connectivity index (χ3n) is 12.7. The lowest BCUT2D eigenvalue weighted by Crippen LogP contribution is -2.36. The molecule has 3 nitrogen and oxygen atoms in total. The van der Waals surface area contributed by atoms with Crippen LogP contribution in [0.1, 0.15) is 45.1 Å². The maximum absolute atomic E-state index is 5.36. The molecular formula is C57H39N3. The molecule has 0 bridgehead atoms. The number of nitrogens with one attached hydrogen (secondary N) is 1. The van der Waals surface area contributed by atoms with E-state index in [2.05, 4.69) is 235 Å². The van der Waals surface area contributed by atoms with E-state index in [0.717, 1.165) is 39.3 Å². The van der Waals surface area contributed by atoms with Gasteiger partial charge in [0, 0.05) is 28.1 Å². The molecule has 0 saturated carbocycles. The van der Waals surface area contributed by atoms with Crippen LogP contribution >= 0.6 is 0 Å². The molecule has 1 spiro atoms. The number of hydrogen-bond donors (Lipinski definition) is 1. The number of nitrogens with zero attached hydrogens (tertiary/aromatic N) is 2. The molecule has 1 unspecified atom stereocenters. The molecule has 1 atom stereocenters. The van der Waals surface area contributed by atoms with Crippen molar-refractivity contribution in [1.82, 2.24) is 0 Å². The van der Waals surface area contributed by atoms with Crippen molar-refractivity contribution in [3.05, 3.63) is 263 Å². The Morgan fingerprint density at radius 1 is 0.383 bits per heavy atom. The Kier molecular flexibility index (Phi) is 7.82. The van der Waals surface area contributed by atoms with Crippen LogP contribution < -0.4 is 10.2 Å². The minimum atomic E-state index is -0.496. The van der Waals surface area contributed by atoms with E-state index in [1.54, 1.807) is 0 Å². The number of rotatable bonds is 5. The van der Waals surface area contributed by atoms with Gasteiger partial charge in [-0.15, -0.1) is 0 Å². The average molecular weight is 766 g/mol. The van der Waals surface area contributed by atoms with Gasteiger partial charge in [0.25, 0.3) is 0 Å². The van der Waals surface area contributed by atoms with Gasteiger partial charge in [-0.25, -0.2) is 0 Å². The molecule has 9 aromatic rings. The molecule has 0 radical (unpaired) electrons. The lowest BCUT2D eigenvalue weighted by molar-refractivity contribution is 0.753. The highest BCUT2D eigenvalue weighted by Gasteiger charge is 2.51. The highest BCUT2D eigenvalue weighted by atomic mass is 15.2. The van der Waals surface area contributed by atoms with E-state index >= 15 is 0 Å². The summed E-state index contributed by atoms with van der Waals surface area (Å²) in [5.41, 5.74) is 21.1. The number of hydrogen-bond acceptors (Lipinski definition) is 3. The van der Waals surface area contributed by atoms with Gasteiger partial charge in [0.15, 0.2) is 0 Å². The molecule has 2 heterocycles. The van der Waals surface area contributed by atoms with Crippen LogP contribution in [0.25, 0.3) is 33.4 Å². The Balaban J connectivity index is 0.972. The molecule has 0 fully saturated rings. The van der Waals surface area contributed by atoms with E-state index in [4.69, 9.17) is 4.99 Å². The molecule has 0 aromatic heterocycles. The summed E-state index contributed by atoms with van der Waals surface area (Å²) in [5, 5.41) is 3.76. The first-order valence-corrected chi connectivity index (χ1v) is 20.7. The lowest BCUT2D eigenvalue weighted by Gasteiger charge is -2.45. The maximum Gasteiger partial charge on any atom is 0.146 e. The van der Waals surface area contributed by atoms with Crippen LogP contribution in [0, 0.1) is 0 Å². The standard InChI is InChI=1S/C57H39N3/c1-3-17-40(18-4-1)55-47-24-10-14-28-52(47)58-56(59-55)46-23-8-7-21-43(46)39-33-31-38(32-34-39)41-35-36-45-44-22-9-11-25-48(44)57(51(45)37-41)49-26-12-15-29-53(49)60(42-19-5-2-6-20-42)54-30-16-13-27-50(54)57/h1-37,56,58H. The number of benzene rings is 9. The second kappa shape index (κ2) is 13.7. The molecule has 12 rings (SSSR count). The largest absolute Gasteiger partial charge is 0.359 e. The van der Waals surface area contributed by atoms with Gasteiger partial charge in [-0.05, 0) is 92.0 Å². The van der Waals surface area contributed by atoms with Crippen molar-refractivity contribution in [2.45, 2.75) is 11.6 Å². The number of aliphatic imine (C=N–C) groups is 1. The zero-order valence-electron chi connectivity index (χ0n) is 32.8. The van der Waals surface area contributed by atoms with Gasteiger partial charge in [-0.2, -0.15) is 0 Å². The minimum absolute atomic E-state index is 0.237. The van der Waals surface area contributed by atoms with E-state index in [1.165, 1.54) is 61.4 Å². The van der Waals surface area contributed by atoms with E-state index in [-0.39, 0.29) is 6.17 Å². The van der Waals surface area contributed by atoms with E-state index < -0.39 is 5.41 Å². The van der Waals surface area contributed by atoms with Crippen molar-refractivity contribution < 1.29 is 0 Å². The van der Waals surface area contributed by atoms with Crippen molar-refractivity contribution >= 4 is 28.5 Å². The third kappa shape index (κ3) is 5.12. The minimum Gasteiger partial charge on any atom is -0.359 e. The van der Waals surface area contributed by atoms with E-state index in [0.29, 0.717) is 0 Å². The average Bonchev–Trinajstić information content (AvgIpc) is 3.62. The number of anilines is 4. The summed E-state index contributed by atoms with van der Waals surface area (Å²) >= 11 is 0. The SMILES string of the molecule is c1ccc(C2=NC(c3ccccc3-c3ccc(-c4ccc5c(c4)C4(c6ccccc6-5)c5ccccc5N(c5ccccc5)c5ccccc54)cc3)Nc3ccccc32)cc1. The van der Waals surface area contributed by atoms with Crippen molar-refractivity contribution in [1.29, 1.82) is 0 Å². The molecule has 60 heavy (non-hydrogen) atoms. The van der Waals surface area contributed by atoms with Gasteiger partial charge in [-0.1, -0.05) is 188 Å². The Hall–Kier alpha value is -7.75. The molecule has 9 aromatic carbocycles. The van der Waals surface area contributed by atoms with Crippen LogP contribution in [-0.2, 0) is 5.41 Å². The maximum atomic E-state index is 5.36. The smallest absolute Gasteiger partial charge is 0.146 e. The highest BCUT2D eigenvalue weighted by molar-refractivity contribution is 6.17. The Morgan fingerprint density at radius 2 is 0.917 bits per heavy atom. The predicted octanol–water partition coefficient (Wildman–Crippen LogP) is 14.1. The molecular weight excluding hydrogens is 727 g/mol. The second-order valence-electron chi connectivity index (χ2n) is 15.9. The Labute approximate surface area is 350 Å². The van der Waals surface area contributed by atoms with Crippen LogP contribution in [0.15, 0.2) is 229 Å². The van der Waals surface area contributed by atoms with Crippen LogP contribution in [0.3, 0.4) is 0 Å². The fourth-order valence-corrected chi connectivity index (χ4v) is 10.1. The molecule has 0 saturated heterocycles. The number of para-hydroxylation sites is 4. The van der Waals surface area contributed by atoms with E-state index in [9.17, 15) is 0 Å². The third-order valence-corrected chi connectivity index (χ3v) is 12.7. The zero-order chi connectivity index (χ0) is 39.6. The topological polar surface area (TPSA) is 27.6 Å². The summed E-state index contributed by atoms with van der Waals surface area (Å²) in [6.45, 7) is 0. The fraction of sp³-hybridized carbons (Fsp3) is 0.0351. The molecule has 0 amide bonds. The van der Waals surface area contributed by atoms with Crippen molar-refractivity contribution in [3.8, 4) is 33.4 Å². The summed E-state index contributed by atoms with van der Waals surface area (Å²) in [7, 11) is 0. The van der Waals surface area contributed by atoms with Crippen molar-refractivity contribution in [2.24, 2.45) is 4.99 Å².